The van der Waals surface area contributed by atoms with Gasteiger partial charge in [0.2, 0.25) is 0 Å². The smallest absolute Gasteiger partial charge is 0.321 e. The minimum Gasteiger partial charge on any atom is -0.321 e. The van der Waals surface area contributed by atoms with Crippen LogP contribution in [0.15, 0.2) is 65.6 Å². The number of amides is 1. The number of nitrogens with one attached hydrogen (secondary N) is 3. The van der Waals surface area contributed by atoms with Crippen LogP contribution in [0.1, 0.15) is 10.5 Å². The molecule has 2 heterocycles. The largest absolute Gasteiger partial charge is 0.340 e. The van der Waals surface area contributed by atoms with Gasteiger partial charge in [-0.15, -0.1) is 0 Å². The van der Waals surface area contributed by atoms with Crippen LogP contribution in [0.4, 0.5) is 5.69 Å². The van der Waals surface area contributed by atoms with Gasteiger partial charge < -0.3 is 5.32 Å². The van der Waals surface area contributed by atoms with Crippen LogP contribution in [0.5, 0.6) is 0 Å². The Morgan fingerprint density at radius 3 is 2.76 bits per heavy atom. The Kier molecular flexibility index (Phi) is 3.59. The van der Waals surface area contributed by atoms with Crippen molar-refractivity contribution < 1.29 is 4.79 Å². The van der Waals surface area contributed by atoms with E-state index in [2.05, 4.69) is 25.5 Å². The summed E-state index contributed by atoms with van der Waals surface area (Å²) in [6, 6.07) is 16.5. The molecule has 25 heavy (non-hydrogen) atoms. The van der Waals surface area contributed by atoms with Gasteiger partial charge in [-0.2, -0.15) is 5.10 Å². The highest BCUT2D eigenvalue weighted by Crippen LogP contribution is 2.21. The molecule has 2 aromatic heterocycles. The van der Waals surface area contributed by atoms with E-state index in [0.29, 0.717) is 22.8 Å². The van der Waals surface area contributed by atoms with Gasteiger partial charge in [0.05, 0.1) is 0 Å². The van der Waals surface area contributed by atoms with E-state index in [-0.39, 0.29) is 11.6 Å². The molecule has 0 fully saturated rings. The molecule has 0 aliphatic heterocycles. The number of aromatic nitrogens is 4. The lowest BCUT2D eigenvalue weighted by Gasteiger charge is -2.08. The molecule has 4 rings (SSSR count). The Morgan fingerprint density at radius 2 is 1.92 bits per heavy atom. The number of nitrogens with zero attached hydrogens (tertiary/aromatic N) is 2. The van der Waals surface area contributed by atoms with Crippen molar-refractivity contribution in [2.45, 2.75) is 0 Å². The maximum atomic E-state index is 12.6. The molecule has 0 spiro atoms. The van der Waals surface area contributed by atoms with Crippen LogP contribution in [0, 0.1) is 0 Å². The molecule has 7 heteroatoms. The Balaban J connectivity index is 1.66. The van der Waals surface area contributed by atoms with Crippen LogP contribution in [0.2, 0.25) is 0 Å². The van der Waals surface area contributed by atoms with E-state index in [9.17, 15) is 9.59 Å². The molecule has 0 unspecified atom stereocenters. The fraction of sp³-hybridized carbons (Fsp3) is 0. The second-order valence-electron chi connectivity index (χ2n) is 5.44. The van der Waals surface area contributed by atoms with Crippen LogP contribution < -0.4 is 11.0 Å². The van der Waals surface area contributed by atoms with Crippen molar-refractivity contribution in [2.75, 3.05) is 5.32 Å². The van der Waals surface area contributed by atoms with E-state index >= 15 is 0 Å². The van der Waals surface area contributed by atoms with Crippen LogP contribution in [0.25, 0.3) is 22.2 Å². The van der Waals surface area contributed by atoms with E-state index < -0.39 is 0 Å². The SMILES string of the molecule is O=C(Nc1cccc(-c2n[nH]c(=O)[nH]2)c1)c1nccc2ccccc12. The molecule has 0 saturated heterocycles. The molecule has 122 valence electrons. The van der Waals surface area contributed by atoms with Crippen molar-refractivity contribution in [3.05, 3.63) is 77.0 Å². The molecule has 0 saturated carbocycles. The Labute approximate surface area is 141 Å². The number of fused-ring (bicyclic) bond motifs is 1. The zero-order valence-corrected chi connectivity index (χ0v) is 13.0. The van der Waals surface area contributed by atoms with Crippen LogP contribution in [-0.4, -0.2) is 26.1 Å². The van der Waals surface area contributed by atoms with Gasteiger partial charge in [0.15, 0.2) is 5.82 Å². The zero-order valence-electron chi connectivity index (χ0n) is 13.0. The topological polar surface area (TPSA) is 104 Å². The highest BCUT2D eigenvalue weighted by Gasteiger charge is 2.12. The summed E-state index contributed by atoms with van der Waals surface area (Å²) in [5.41, 5.74) is 1.24. The van der Waals surface area contributed by atoms with Gasteiger partial charge in [-0.25, -0.2) is 9.89 Å². The van der Waals surface area contributed by atoms with E-state index in [4.69, 9.17) is 0 Å². The van der Waals surface area contributed by atoms with Gasteiger partial charge >= 0.3 is 5.69 Å². The molecular weight excluding hydrogens is 318 g/mol. The zero-order chi connectivity index (χ0) is 17.2. The summed E-state index contributed by atoms with van der Waals surface area (Å²) >= 11 is 0. The molecule has 4 aromatic rings. The molecular formula is C18H13N5O2. The van der Waals surface area contributed by atoms with Gasteiger partial charge in [0.25, 0.3) is 5.91 Å². The molecule has 3 N–H and O–H groups in total. The minimum atomic E-state index is -0.385. The Morgan fingerprint density at radius 1 is 1.04 bits per heavy atom. The lowest BCUT2D eigenvalue weighted by atomic mass is 10.1. The van der Waals surface area contributed by atoms with Gasteiger partial charge in [-0.05, 0) is 23.6 Å². The van der Waals surface area contributed by atoms with Crippen molar-refractivity contribution in [3.8, 4) is 11.4 Å². The third kappa shape index (κ3) is 2.90. The van der Waals surface area contributed by atoms with Gasteiger partial charge in [-0.3, -0.25) is 14.8 Å². The van der Waals surface area contributed by atoms with E-state index in [1.54, 1.807) is 30.5 Å². The molecule has 1 amide bonds. The number of pyridine rings is 1. The lowest BCUT2D eigenvalue weighted by molar-refractivity contribution is 0.102. The summed E-state index contributed by atoms with van der Waals surface area (Å²) in [4.78, 5) is 30.6. The van der Waals surface area contributed by atoms with Crippen molar-refractivity contribution >= 4 is 22.4 Å². The van der Waals surface area contributed by atoms with Gasteiger partial charge in [0.1, 0.15) is 5.69 Å². The number of carbonyl (C=O) groups is 1. The first-order valence-electron chi connectivity index (χ1n) is 7.61. The van der Waals surface area contributed by atoms with Crippen molar-refractivity contribution in [3.63, 3.8) is 0 Å². The first-order chi connectivity index (χ1) is 12.2. The van der Waals surface area contributed by atoms with E-state index in [0.717, 1.165) is 10.8 Å². The second-order valence-corrected chi connectivity index (χ2v) is 5.44. The number of hydrogen-bond acceptors (Lipinski definition) is 4. The summed E-state index contributed by atoms with van der Waals surface area (Å²) < 4.78 is 0. The quantitative estimate of drug-likeness (QED) is 0.537. The van der Waals surface area contributed by atoms with Crippen LogP contribution in [-0.2, 0) is 0 Å². The number of anilines is 1. The molecule has 2 aromatic carbocycles. The van der Waals surface area contributed by atoms with Crippen LogP contribution >= 0.6 is 0 Å². The summed E-state index contributed by atoms with van der Waals surface area (Å²) in [6.45, 7) is 0. The molecule has 0 aliphatic carbocycles. The lowest BCUT2D eigenvalue weighted by Crippen LogP contribution is -2.14. The maximum absolute atomic E-state index is 12.6. The third-order valence-electron chi connectivity index (χ3n) is 3.78. The van der Waals surface area contributed by atoms with Crippen molar-refractivity contribution in [2.24, 2.45) is 0 Å². The third-order valence-corrected chi connectivity index (χ3v) is 3.78. The fourth-order valence-corrected chi connectivity index (χ4v) is 2.64. The average molecular weight is 331 g/mol. The normalized spacial score (nSPS) is 10.7. The van der Waals surface area contributed by atoms with Gasteiger partial charge in [0, 0.05) is 22.8 Å². The van der Waals surface area contributed by atoms with Crippen molar-refractivity contribution in [1.29, 1.82) is 0 Å². The highest BCUT2D eigenvalue weighted by atomic mass is 16.2. The first-order valence-corrected chi connectivity index (χ1v) is 7.61. The average Bonchev–Trinajstić information content (AvgIpc) is 3.08. The number of hydrogen-bond donors (Lipinski definition) is 3. The Bertz CT molecular complexity index is 1120. The number of benzene rings is 2. The maximum Gasteiger partial charge on any atom is 0.340 e. The number of rotatable bonds is 3. The molecule has 7 nitrogen and oxygen atoms in total. The van der Waals surface area contributed by atoms with E-state index in [1.807, 2.05) is 30.3 Å². The highest BCUT2D eigenvalue weighted by molar-refractivity contribution is 6.11. The summed E-state index contributed by atoms with van der Waals surface area (Å²) in [5.74, 6) is 0.105. The molecule has 0 bridgehead atoms. The van der Waals surface area contributed by atoms with Crippen molar-refractivity contribution in [1.82, 2.24) is 20.2 Å². The summed E-state index contributed by atoms with van der Waals surface area (Å²) in [7, 11) is 0. The summed E-state index contributed by atoms with van der Waals surface area (Å²) in [5, 5.41) is 10.8. The standard InChI is InChI=1S/C18H13N5O2/c24-17(15-14-7-2-1-4-11(14)8-9-19-15)20-13-6-3-5-12(10-13)16-21-18(25)23-22-16/h1-10H,(H,20,24)(H2,21,22,23,25). The number of aromatic amines is 2. The second kappa shape index (κ2) is 6.04. The van der Waals surface area contributed by atoms with E-state index in [1.165, 1.54) is 0 Å². The predicted molar refractivity (Wildman–Crippen MR) is 94.3 cm³/mol. The van der Waals surface area contributed by atoms with Crippen LogP contribution in [0.3, 0.4) is 0 Å². The number of carbonyl (C=O) groups excluding carboxylic acids is 1. The fourth-order valence-electron chi connectivity index (χ4n) is 2.64. The van der Waals surface area contributed by atoms with Gasteiger partial charge in [-0.1, -0.05) is 36.4 Å². The first kappa shape index (κ1) is 14.8. The number of H-pyrrole nitrogens is 2. The Hall–Kier alpha value is -3.74. The minimum absolute atomic E-state index is 0.301. The summed E-state index contributed by atoms with van der Waals surface area (Å²) in [6.07, 6.45) is 1.61. The molecule has 0 radical (unpaired) electrons. The molecule has 0 atom stereocenters. The predicted octanol–water partition coefficient (Wildman–Crippen LogP) is 2.57. The molecule has 0 aliphatic rings. The monoisotopic (exact) mass is 331 g/mol.